The zero-order chi connectivity index (χ0) is 8.81. The van der Waals surface area contributed by atoms with Gasteiger partial charge in [-0.05, 0) is 32.5 Å². The third kappa shape index (κ3) is 2.80. The van der Waals surface area contributed by atoms with Crippen molar-refractivity contribution in [1.29, 1.82) is 5.26 Å². The predicted octanol–water partition coefficient (Wildman–Crippen LogP) is 0.584. The standard InChI is InChI=1S/C9H17N3/c1-2-11-9(7-10)8-12-5-3-4-6-12/h9,11H,2-6,8H2,1H3. The van der Waals surface area contributed by atoms with Crippen molar-refractivity contribution in [2.75, 3.05) is 26.2 Å². The molecule has 0 radical (unpaired) electrons. The summed E-state index contributed by atoms with van der Waals surface area (Å²) in [4.78, 5) is 2.36. The quantitative estimate of drug-likeness (QED) is 0.666. The molecule has 1 unspecified atom stereocenters. The summed E-state index contributed by atoms with van der Waals surface area (Å²) in [6.45, 7) is 6.15. The van der Waals surface area contributed by atoms with E-state index in [1.54, 1.807) is 0 Å². The first kappa shape index (κ1) is 9.50. The molecular formula is C9H17N3. The van der Waals surface area contributed by atoms with Crippen molar-refractivity contribution in [3.8, 4) is 6.07 Å². The van der Waals surface area contributed by atoms with Crippen LogP contribution in [0.15, 0.2) is 0 Å². The minimum absolute atomic E-state index is 0.0214. The van der Waals surface area contributed by atoms with Crippen LogP contribution in [0.1, 0.15) is 19.8 Å². The molecule has 3 nitrogen and oxygen atoms in total. The molecule has 1 fully saturated rings. The molecule has 1 heterocycles. The number of likely N-dealkylation sites (N-methyl/N-ethyl adjacent to an activating group) is 1. The number of nitriles is 1. The lowest BCUT2D eigenvalue weighted by atomic mass is 10.3. The second kappa shape index (κ2) is 5.13. The second-order valence-electron chi connectivity index (χ2n) is 3.25. The number of nitrogens with zero attached hydrogens (tertiary/aromatic N) is 2. The zero-order valence-electron chi connectivity index (χ0n) is 7.71. The van der Waals surface area contributed by atoms with Gasteiger partial charge in [-0.15, -0.1) is 0 Å². The van der Waals surface area contributed by atoms with Gasteiger partial charge in [-0.3, -0.25) is 0 Å². The Morgan fingerprint density at radius 2 is 2.17 bits per heavy atom. The summed E-state index contributed by atoms with van der Waals surface area (Å²) < 4.78 is 0. The average Bonchev–Trinajstić information content (AvgIpc) is 2.56. The van der Waals surface area contributed by atoms with Gasteiger partial charge in [0.25, 0.3) is 0 Å². The highest BCUT2D eigenvalue weighted by Crippen LogP contribution is 2.07. The van der Waals surface area contributed by atoms with E-state index in [4.69, 9.17) is 5.26 Å². The number of nitrogens with one attached hydrogen (secondary N) is 1. The van der Waals surface area contributed by atoms with Gasteiger partial charge in [0.15, 0.2) is 0 Å². The average molecular weight is 167 g/mol. The molecule has 0 aliphatic carbocycles. The van der Waals surface area contributed by atoms with E-state index in [1.807, 2.05) is 6.92 Å². The molecule has 1 aliphatic heterocycles. The van der Waals surface area contributed by atoms with Crippen LogP contribution in [-0.2, 0) is 0 Å². The summed E-state index contributed by atoms with van der Waals surface area (Å²) in [7, 11) is 0. The van der Waals surface area contributed by atoms with Gasteiger partial charge in [0.1, 0.15) is 6.04 Å². The van der Waals surface area contributed by atoms with Crippen LogP contribution in [0.4, 0.5) is 0 Å². The van der Waals surface area contributed by atoms with Crippen molar-refractivity contribution in [1.82, 2.24) is 10.2 Å². The third-order valence-corrected chi connectivity index (χ3v) is 2.25. The molecule has 1 rings (SSSR count). The Balaban J connectivity index is 2.22. The molecule has 1 saturated heterocycles. The van der Waals surface area contributed by atoms with Gasteiger partial charge in [-0.2, -0.15) is 5.26 Å². The van der Waals surface area contributed by atoms with Crippen molar-refractivity contribution in [3.63, 3.8) is 0 Å². The highest BCUT2D eigenvalue weighted by molar-refractivity contribution is 4.92. The highest BCUT2D eigenvalue weighted by Gasteiger charge is 2.15. The first-order valence-electron chi connectivity index (χ1n) is 4.72. The zero-order valence-corrected chi connectivity index (χ0v) is 7.71. The Hall–Kier alpha value is -0.590. The molecule has 12 heavy (non-hydrogen) atoms. The van der Waals surface area contributed by atoms with Crippen LogP contribution in [0.2, 0.25) is 0 Å². The molecule has 0 saturated carbocycles. The Labute approximate surface area is 74.4 Å². The number of rotatable bonds is 4. The van der Waals surface area contributed by atoms with E-state index in [1.165, 1.54) is 25.9 Å². The normalized spacial score (nSPS) is 20.7. The highest BCUT2D eigenvalue weighted by atomic mass is 15.2. The van der Waals surface area contributed by atoms with Crippen LogP contribution in [0.25, 0.3) is 0 Å². The SMILES string of the molecule is CCNC(C#N)CN1CCCC1. The molecule has 68 valence electrons. The predicted molar refractivity (Wildman–Crippen MR) is 48.8 cm³/mol. The minimum Gasteiger partial charge on any atom is -0.301 e. The number of likely N-dealkylation sites (tertiary alicyclic amines) is 1. The Bertz CT molecular complexity index is 156. The smallest absolute Gasteiger partial charge is 0.108 e. The monoisotopic (exact) mass is 167 g/mol. The first-order chi connectivity index (χ1) is 5.86. The number of hydrogen-bond acceptors (Lipinski definition) is 3. The maximum atomic E-state index is 8.78. The van der Waals surface area contributed by atoms with Crippen LogP contribution in [0, 0.1) is 11.3 Å². The Morgan fingerprint density at radius 3 is 2.67 bits per heavy atom. The summed E-state index contributed by atoms with van der Waals surface area (Å²) in [5.74, 6) is 0. The van der Waals surface area contributed by atoms with Crippen LogP contribution < -0.4 is 5.32 Å². The van der Waals surface area contributed by atoms with Gasteiger partial charge < -0.3 is 10.2 Å². The third-order valence-electron chi connectivity index (χ3n) is 2.25. The summed E-state index contributed by atoms with van der Waals surface area (Å²) in [6, 6.07) is 2.30. The van der Waals surface area contributed by atoms with Gasteiger partial charge >= 0.3 is 0 Å². The van der Waals surface area contributed by atoms with Crippen molar-refractivity contribution >= 4 is 0 Å². The lowest BCUT2D eigenvalue weighted by Crippen LogP contribution is -2.38. The Kier molecular flexibility index (Phi) is 4.06. The topological polar surface area (TPSA) is 39.1 Å². The summed E-state index contributed by atoms with van der Waals surface area (Å²) in [6.07, 6.45) is 2.59. The first-order valence-corrected chi connectivity index (χ1v) is 4.72. The van der Waals surface area contributed by atoms with E-state index in [0.717, 1.165) is 13.1 Å². The van der Waals surface area contributed by atoms with Crippen molar-refractivity contribution in [3.05, 3.63) is 0 Å². The molecule has 0 bridgehead atoms. The van der Waals surface area contributed by atoms with E-state index < -0.39 is 0 Å². The van der Waals surface area contributed by atoms with Gasteiger partial charge in [0.05, 0.1) is 6.07 Å². The van der Waals surface area contributed by atoms with Crippen LogP contribution in [-0.4, -0.2) is 37.1 Å². The minimum atomic E-state index is 0.0214. The summed E-state index contributed by atoms with van der Waals surface area (Å²) in [5, 5.41) is 11.9. The number of hydrogen-bond donors (Lipinski definition) is 1. The molecule has 0 amide bonds. The van der Waals surface area contributed by atoms with Crippen molar-refractivity contribution in [2.24, 2.45) is 0 Å². The van der Waals surface area contributed by atoms with E-state index >= 15 is 0 Å². The fraction of sp³-hybridized carbons (Fsp3) is 0.889. The fourth-order valence-electron chi connectivity index (χ4n) is 1.62. The van der Waals surface area contributed by atoms with Gasteiger partial charge in [-0.1, -0.05) is 6.92 Å². The van der Waals surface area contributed by atoms with E-state index in [2.05, 4.69) is 16.3 Å². The van der Waals surface area contributed by atoms with Gasteiger partial charge in [0, 0.05) is 6.54 Å². The lowest BCUT2D eigenvalue weighted by molar-refractivity contribution is 0.315. The largest absolute Gasteiger partial charge is 0.301 e. The van der Waals surface area contributed by atoms with Crippen LogP contribution in [0.5, 0.6) is 0 Å². The van der Waals surface area contributed by atoms with Gasteiger partial charge in [0.2, 0.25) is 0 Å². The molecule has 0 aromatic carbocycles. The summed E-state index contributed by atoms with van der Waals surface area (Å²) in [5.41, 5.74) is 0. The lowest BCUT2D eigenvalue weighted by Gasteiger charge is -2.18. The van der Waals surface area contributed by atoms with Gasteiger partial charge in [-0.25, -0.2) is 0 Å². The van der Waals surface area contributed by atoms with Crippen LogP contribution in [0.3, 0.4) is 0 Å². The second-order valence-corrected chi connectivity index (χ2v) is 3.25. The molecule has 0 aromatic heterocycles. The van der Waals surface area contributed by atoms with Crippen molar-refractivity contribution < 1.29 is 0 Å². The maximum Gasteiger partial charge on any atom is 0.108 e. The van der Waals surface area contributed by atoms with E-state index in [-0.39, 0.29) is 6.04 Å². The molecule has 1 N–H and O–H groups in total. The fourth-order valence-corrected chi connectivity index (χ4v) is 1.62. The molecule has 0 spiro atoms. The summed E-state index contributed by atoms with van der Waals surface area (Å²) >= 11 is 0. The van der Waals surface area contributed by atoms with Crippen LogP contribution >= 0.6 is 0 Å². The molecule has 1 aliphatic rings. The molecule has 0 aromatic rings. The molecule has 1 atom stereocenters. The van der Waals surface area contributed by atoms with E-state index in [0.29, 0.717) is 0 Å². The van der Waals surface area contributed by atoms with Crippen molar-refractivity contribution in [2.45, 2.75) is 25.8 Å². The Morgan fingerprint density at radius 1 is 1.50 bits per heavy atom. The molecule has 3 heteroatoms. The maximum absolute atomic E-state index is 8.78. The molecular weight excluding hydrogens is 150 g/mol. The van der Waals surface area contributed by atoms with E-state index in [9.17, 15) is 0 Å².